The van der Waals surface area contributed by atoms with Gasteiger partial charge in [0.15, 0.2) is 0 Å². The molecule has 9 heavy (non-hydrogen) atoms. The Balaban J connectivity index is 3.60. The summed E-state index contributed by atoms with van der Waals surface area (Å²) in [4.78, 5) is 0. The van der Waals surface area contributed by atoms with Gasteiger partial charge < -0.3 is 0 Å². The van der Waals surface area contributed by atoms with Gasteiger partial charge in [0.25, 0.3) is 0 Å². The van der Waals surface area contributed by atoms with E-state index >= 15 is 0 Å². The molecule has 0 aliphatic heterocycles. The number of hydrogen-bond donors (Lipinski definition) is 0. The van der Waals surface area contributed by atoms with Crippen molar-refractivity contribution in [1.82, 2.24) is 0 Å². The second kappa shape index (κ2) is 2.67. The molecule has 1 rings (SSSR count). The van der Waals surface area contributed by atoms with Gasteiger partial charge in [0.2, 0.25) is 0 Å². The van der Waals surface area contributed by atoms with Crippen LogP contribution in [0.3, 0.4) is 0 Å². The Hall–Kier alpha value is -0.0800. The Bertz CT molecular complexity index is 237. The molecule has 0 radical (unpaired) electrons. The minimum Gasteiger partial charge on any atom is -0.205 e. The maximum Gasteiger partial charge on any atom is 0.141 e. The Morgan fingerprint density at radius 2 is 2.33 bits per heavy atom. The van der Waals surface area contributed by atoms with Crippen molar-refractivity contribution in [3.8, 4) is 0 Å². The van der Waals surface area contributed by atoms with Crippen LogP contribution in [-0.2, 0) is 0 Å². The highest BCUT2D eigenvalue weighted by Gasteiger charge is 1.96. The second-order valence-corrected chi connectivity index (χ2v) is 2.49. The Kier molecular flexibility index (Phi) is 1.17. The van der Waals surface area contributed by atoms with Gasteiger partial charge in [-0.2, -0.15) is 0 Å². The number of rotatable bonds is 0. The molecule has 0 nitrogen and oxygen atoms in total. The Morgan fingerprint density at radius 1 is 1.67 bits per heavy atom. The zero-order valence-corrected chi connectivity index (χ0v) is 6.48. The first-order valence-electron chi connectivity index (χ1n) is 3.57. The normalized spacial score (nSPS) is 14.3. The van der Waals surface area contributed by atoms with E-state index in [-0.39, 0.29) is 16.6 Å². The molecule has 0 aliphatic rings. The Labute approximate surface area is 70.0 Å². The molecule has 0 aliphatic carbocycles. The molecule has 0 unspecified atom stereocenters. The van der Waals surface area contributed by atoms with Gasteiger partial charge in [0.05, 0.1) is 9.13 Å². The van der Waals surface area contributed by atoms with Crippen LogP contribution in [0.25, 0.3) is 0 Å². The van der Waals surface area contributed by atoms with Gasteiger partial charge in [0, 0.05) is 4.47 Å². The quantitative estimate of drug-likeness (QED) is 0.579. The summed E-state index contributed by atoms with van der Waals surface area (Å²) in [6.07, 6.45) is 0. The fourth-order valence-corrected chi connectivity index (χ4v) is 0.900. The van der Waals surface area contributed by atoms with Crippen molar-refractivity contribution in [2.45, 2.75) is 0 Å². The molecule has 0 bridgehead atoms. The van der Waals surface area contributed by atoms with Crippen LogP contribution in [-0.4, -0.2) is 0 Å². The van der Waals surface area contributed by atoms with Crippen molar-refractivity contribution in [2.75, 3.05) is 0 Å². The summed E-state index contributed by atoms with van der Waals surface area (Å²) >= 11 is 8.23. The van der Waals surface area contributed by atoms with Gasteiger partial charge in [-0.25, -0.2) is 4.39 Å². The summed E-state index contributed by atoms with van der Waals surface area (Å²) in [5, 5.41) is -0.428. The van der Waals surface area contributed by atoms with Gasteiger partial charge in [-0.05, 0) is 18.1 Å². The maximum absolute atomic E-state index is 12.9. The number of hydrogen-bond acceptors (Lipinski definition) is 0. The molecule has 1 aromatic carbocycles. The van der Waals surface area contributed by atoms with Crippen LogP contribution in [0.4, 0.5) is 4.39 Å². The highest BCUT2D eigenvalue weighted by atomic mass is 79.9. The third kappa shape index (κ3) is 1.66. The standard InChI is InChI=1S/C6H3BrClF/c7-4-1-2-6(9)5(8)3-4/h1-3H/i1D,2D,3D. The molecule has 0 heterocycles. The summed E-state index contributed by atoms with van der Waals surface area (Å²) in [6.45, 7) is 0. The van der Waals surface area contributed by atoms with E-state index in [2.05, 4.69) is 15.9 Å². The predicted molar refractivity (Wildman–Crippen MR) is 39.1 cm³/mol. The van der Waals surface area contributed by atoms with Gasteiger partial charge in [-0.3, -0.25) is 0 Å². The summed E-state index contributed by atoms with van der Waals surface area (Å²) in [5.74, 6) is -1.02. The number of benzene rings is 1. The zero-order valence-electron chi connectivity index (χ0n) is 7.13. The lowest BCUT2D eigenvalue weighted by Crippen LogP contribution is -1.73. The molecule has 0 aromatic heterocycles. The van der Waals surface area contributed by atoms with Crippen LogP contribution < -0.4 is 0 Å². The van der Waals surface area contributed by atoms with Crippen LogP contribution in [0.5, 0.6) is 0 Å². The van der Waals surface area contributed by atoms with Gasteiger partial charge >= 0.3 is 0 Å². The number of halogens is 3. The topological polar surface area (TPSA) is 0 Å². The molecule has 1 aromatic rings. The largest absolute Gasteiger partial charge is 0.205 e. The smallest absolute Gasteiger partial charge is 0.141 e. The van der Waals surface area contributed by atoms with Crippen LogP contribution in [0.15, 0.2) is 22.6 Å². The van der Waals surface area contributed by atoms with Crippen molar-refractivity contribution < 1.29 is 8.50 Å². The maximum atomic E-state index is 12.9. The first-order chi connectivity index (χ1) is 5.46. The van der Waals surface area contributed by atoms with Crippen molar-refractivity contribution in [1.29, 1.82) is 0 Å². The zero-order chi connectivity index (χ0) is 9.46. The van der Waals surface area contributed by atoms with E-state index in [1.54, 1.807) is 0 Å². The van der Waals surface area contributed by atoms with E-state index in [0.29, 0.717) is 0 Å². The molecular weight excluding hydrogens is 206 g/mol. The van der Waals surface area contributed by atoms with Gasteiger partial charge in [-0.1, -0.05) is 27.5 Å². The monoisotopic (exact) mass is 211 g/mol. The first kappa shape index (κ1) is 3.94. The summed E-state index contributed by atoms with van der Waals surface area (Å²) in [5.41, 5.74) is 0. The van der Waals surface area contributed by atoms with Crippen LogP contribution in [0, 0.1) is 5.82 Å². The summed E-state index contributed by atoms with van der Waals surface area (Å²) < 4.78 is 34.3. The van der Waals surface area contributed by atoms with Crippen molar-refractivity contribution >= 4 is 27.5 Å². The third-order valence-electron chi connectivity index (χ3n) is 0.694. The molecular formula is C6H3BrClF. The molecule has 0 saturated heterocycles. The molecule has 48 valence electrons. The van der Waals surface area contributed by atoms with Crippen molar-refractivity contribution in [2.24, 2.45) is 0 Å². The van der Waals surface area contributed by atoms with E-state index in [0.717, 1.165) is 0 Å². The van der Waals surface area contributed by atoms with Crippen LogP contribution >= 0.6 is 27.5 Å². The Morgan fingerprint density at radius 3 is 3.00 bits per heavy atom. The van der Waals surface area contributed by atoms with E-state index < -0.39 is 16.9 Å². The van der Waals surface area contributed by atoms with E-state index in [1.165, 1.54) is 0 Å². The molecule has 3 heteroatoms. The predicted octanol–water partition coefficient (Wildman–Crippen LogP) is 3.24. The fourth-order valence-electron chi connectivity index (χ4n) is 0.347. The summed E-state index contributed by atoms with van der Waals surface area (Å²) in [7, 11) is 0. The average Bonchev–Trinajstić information content (AvgIpc) is 2.08. The molecule has 0 atom stereocenters. The third-order valence-corrected chi connectivity index (χ3v) is 1.35. The van der Waals surface area contributed by atoms with Crippen molar-refractivity contribution in [3.05, 3.63) is 33.4 Å². The van der Waals surface area contributed by atoms with Crippen molar-refractivity contribution in [3.63, 3.8) is 0 Å². The molecule has 0 fully saturated rings. The molecule has 0 N–H and O–H groups in total. The molecule has 0 spiro atoms. The highest BCUT2D eigenvalue weighted by molar-refractivity contribution is 9.10. The second-order valence-electron chi connectivity index (χ2n) is 1.32. The van der Waals surface area contributed by atoms with Gasteiger partial charge in [-0.15, -0.1) is 0 Å². The first-order valence-corrected chi connectivity index (χ1v) is 3.24. The molecule has 0 saturated carbocycles. The van der Waals surface area contributed by atoms with Crippen LogP contribution in [0.2, 0.25) is 5.02 Å². The van der Waals surface area contributed by atoms with E-state index in [1.807, 2.05) is 0 Å². The van der Waals surface area contributed by atoms with Crippen LogP contribution in [0.1, 0.15) is 4.11 Å². The lowest BCUT2D eigenvalue weighted by molar-refractivity contribution is 0.628. The lowest BCUT2D eigenvalue weighted by Gasteiger charge is -1.91. The average molecular weight is 212 g/mol. The fraction of sp³-hybridized carbons (Fsp3) is 0. The summed E-state index contributed by atoms with van der Waals surface area (Å²) in [6, 6.07) is -1.25. The van der Waals surface area contributed by atoms with E-state index in [4.69, 9.17) is 15.7 Å². The minimum absolute atomic E-state index is 0.0406. The SMILES string of the molecule is [2H]c1c([2H])c(Br)c([2H])c(Cl)c1F. The van der Waals surface area contributed by atoms with Gasteiger partial charge in [0.1, 0.15) is 5.82 Å². The highest BCUT2D eigenvalue weighted by Crippen LogP contribution is 2.19. The molecule has 0 amide bonds. The van der Waals surface area contributed by atoms with E-state index in [9.17, 15) is 4.39 Å². The lowest BCUT2D eigenvalue weighted by atomic mass is 10.3. The minimum atomic E-state index is -1.02.